The molecule has 0 fully saturated rings. The number of rotatable bonds is 5. The normalized spacial score (nSPS) is 10.5. The van der Waals surface area contributed by atoms with Gasteiger partial charge in [0, 0.05) is 11.8 Å². The lowest BCUT2D eigenvalue weighted by atomic mass is 10.0. The lowest BCUT2D eigenvalue weighted by Crippen LogP contribution is -2.14. The van der Waals surface area contributed by atoms with E-state index in [2.05, 4.69) is 20.4 Å². The quantitative estimate of drug-likeness (QED) is 0.585. The van der Waals surface area contributed by atoms with Gasteiger partial charge in [0.1, 0.15) is 12.0 Å². The average molecular weight is 356 g/mol. The molecule has 0 bridgehead atoms. The summed E-state index contributed by atoms with van der Waals surface area (Å²) in [5.74, 6) is 0.0840. The predicted molar refractivity (Wildman–Crippen MR) is 102 cm³/mol. The molecule has 1 N–H and O–H groups in total. The van der Waals surface area contributed by atoms with Gasteiger partial charge in [0.25, 0.3) is 0 Å². The van der Waals surface area contributed by atoms with E-state index < -0.39 is 0 Å². The second kappa shape index (κ2) is 7.61. The monoisotopic (exact) mass is 356 g/mol. The van der Waals surface area contributed by atoms with Gasteiger partial charge in [-0.3, -0.25) is 10.1 Å². The zero-order chi connectivity index (χ0) is 18.5. The van der Waals surface area contributed by atoms with Gasteiger partial charge in [-0.2, -0.15) is 0 Å². The van der Waals surface area contributed by atoms with Crippen LogP contribution in [0.25, 0.3) is 22.5 Å². The van der Waals surface area contributed by atoms with Gasteiger partial charge in [-0.15, -0.1) is 0 Å². The maximum absolute atomic E-state index is 12.5. The Labute approximate surface area is 155 Å². The molecule has 0 saturated carbocycles. The Hall–Kier alpha value is -3.80. The standard InChI is InChI=1S/C21H16N4O2/c26-18(13-15-7-3-1-4-8-15)24-21-19(17-11-12-22-14-23-17)20(25-27-21)16-9-5-2-6-10-16/h1-12,14H,13H2,(H,24,26). The van der Waals surface area contributed by atoms with E-state index in [-0.39, 0.29) is 18.2 Å². The molecular weight excluding hydrogens is 340 g/mol. The topological polar surface area (TPSA) is 80.9 Å². The number of nitrogens with one attached hydrogen (secondary N) is 1. The van der Waals surface area contributed by atoms with Crippen LogP contribution >= 0.6 is 0 Å². The van der Waals surface area contributed by atoms with E-state index in [0.717, 1.165) is 11.1 Å². The second-order valence-corrected chi connectivity index (χ2v) is 5.91. The number of amides is 1. The summed E-state index contributed by atoms with van der Waals surface area (Å²) in [6.45, 7) is 0. The number of aromatic nitrogens is 3. The SMILES string of the molecule is O=C(Cc1ccccc1)Nc1onc(-c2ccccc2)c1-c1ccncn1. The summed E-state index contributed by atoms with van der Waals surface area (Å²) in [6.07, 6.45) is 3.33. The van der Waals surface area contributed by atoms with E-state index in [1.54, 1.807) is 12.3 Å². The number of carbonyl (C=O) groups excluding carboxylic acids is 1. The summed E-state index contributed by atoms with van der Waals surface area (Å²) in [6, 6.07) is 20.9. The molecule has 1 amide bonds. The van der Waals surface area contributed by atoms with Crippen molar-refractivity contribution in [2.24, 2.45) is 0 Å². The van der Waals surface area contributed by atoms with E-state index in [1.807, 2.05) is 60.7 Å². The van der Waals surface area contributed by atoms with Gasteiger partial charge in [-0.05, 0) is 11.6 Å². The van der Waals surface area contributed by atoms with Gasteiger partial charge in [-0.25, -0.2) is 9.97 Å². The summed E-state index contributed by atoms with van der Waals surface area (Å²) < 4.78 is 5.47. The van der Waals surface area contributed by atoms with Crippen molar-refractivity contribution >= 4 is 11.8 Å². The Morgan fingerprint density at radius 3 is 2.41 bits per heavy atom. The van der Waals surface area contributed by atoms with Gasteiger partial charge in [0.05, 0.1) is 17.7 Å². The molecule has 132 valence electrons. The fraction of sp³-hybridized carbons (Fsp3) is 0.0476. The zero-order valence-corrected chi connectivity index (χ0v) is 14.4. The third kappa shape index (κ3) is 3.74. The van der Waals surface area contributed by atoms with Crippen molar-refractivity contribution in [2.75, 3.05) is 5.32 Å². The van der Waals surface area contributed by atoms with Crippen LogP contribution in [0, 0.1) is 0 Å². The second-order valence-electron chi connectivity index (χ2n) is 5.91. The first-order chi connectivity index (χ1) is 13.3. The van der Waals surface area contributed by atoms with Crippen molar-refractivity contribution in [1.82, 2.24) is 15.1 Å². The number of benzene rings is 2. The third-order valence-electron chi connectivity index (χ3n) is 4.04. The Bertz CT molecular complexity index is 1030. The minimum atomic E-state index is -0.188. The number of anilines is 1. The zero-order valence-electron chi connectivity index (χ0n) is 14.4. The fourth-order valence-electron chi connectivity index (χ4n) is 2.80. The molecule has 2 aromatic carbocycles. The Kier molecular flexibility index (Phi) is 4.70. The highest BCUT2D eigenvalue weighted by molar-refractivity contribution is 5.97. The molecule has 0 aliphatic carbocycles. The molecule has 0 aliphatic rings. The first-order valence-corrected chi connectivity index (χ1v) is 8.46. The third-order valence-corrected chi connectivity index (χ3v) is 4.04. The molecule has 0 unspecified atom stereocenters. The van der Waals surface area contributed by atoms with Crippen LogP contribution in [0.1, 0.15) is 5.56 Å². The molecule has 2 aromatic heterocycles. The maximum atomic E-state index is 12.5. The minimum absolute atomic E-state index is 0.188. The largest absolute Gasteiger partial charge is 0.337 e. The van der Waals surface area contributed by atoms with Crippen molar-refractivity contribution in [1.29, 1.82) is 0 Å². The molecule has 0 aliphatic heterocycles. The van der Waals surface area contributed by atoms with Crippen LogP contribution in [0.5, 0.6) is 0 Å². The highest BCUT2D eigenvalue weighted by Gasteiger charge is 2.22. The smallest absolute Gasteiger partial charge is 0.241 e. The first kappa shape index (κ1) is 16.7. The van der Waals surface area contributed by atoms with Crippen LogP contribution in [-0.2, 0) is 11.2 Å². The van der Waals surface area contributed by atoms with E-state index in [0.29, 0.717) is 17.0 Å². The molecule has 0 atom stereocenters. The number of hydrogen-bond acceptors (Lipinski definition) is 5. The molecule has 2 heterocycles. The van der Waals surface area contributed by atoms with Gasteiger partial charge in [0.15, 0.2) is 0 Å². The molecule has 0 spiro atoms. The Balaban J connectivity index is 1.69. The summed E-state index contributed by atoms with van der Waals surface area (Å²) in [5.41, 5.74) is 3.66. The van der Waals surface area contributed by atoms with Crippen LogP contribution in [0.4, 0.5) is 5.88 Å². The predicted octanol–water partition coefficient (Wildman–Crippen LogP) is 3.98. The Morgan fingerprint density at radius 1 is 0.963 bits per heavy atom. The number of carbonyl (C=O) groups is 1. The maximum Gasteiger partial charge on any atom is 0.241 e. The van der Waals surface area contributed by atoms with Crippen molar-refractivity contribution in [3.8, 4) is 22.5 Å². The molecule has 4 aromatic rings. The summed E-state index contributed by atoms with van der Waals surface area (Å²) >= 11 is 0. The lowest BCUT2D eigenvalue weighted by molar-refractivity contribution is -0.115. The van der Waals surface area contributed by atoms with Crippen LogP contribution in [0.15, 0.2) is 83.8 Å². The van der Waals surface area contributed by atoms with E-state index in [1.165, 1.54) is 6.33 Å². The van der Waals surface area contributed by atoms with Gasteiger partial charge in [0.2, 0.25) is 11.8 Å². The highest BCUT2D eigenvalue weighted by Crippen LogP contribution is 2.36. The molecule has 0 saturated heterocycles. The first-order valence-electron chi connectivity index (χ1n) is 8.46. The minimum Gasteiger partial charge on any atom is -0.337 e. The summed E-state index contributed by atoms with van der Waals surface area (Å²) in [4.78, 5) is 20.7. The van der Waals surface area contributed by atoms with Gasteiger partial charge < -0.3 is 4.52 Å². The highest BCUT2D eigenvalue weighted by atomic mass is 16.5. The molecule has 0 radical (unpaired) electrons. The average Bonchev–Trinajstić information content (AvgIpc) is 3.13. The van der Waals surface area contributed by atoms with Crippen molar-refractivity contribution in [2.45, 2.75) is 6.42 Å². The van der Waals surface area contributed by atoms with Crippen molar-refractivity contribution in [3.05, 3.63) is 84.8 Å². The molecule has 4 rings (SSSR count). The molecular formula is C21H16N4O2. The fourth-order valence-corrected chi connectivity index (χ4v) is 2.80. The van der Waals surface area contributed by atoms with E-state index in [9.17, 15) is 4.79 Å². The summed E-state index contributed by atoms with van der Waals surface area (Å²) in [7, 11) is 0. The van der Waals surface area contributed by atoms with Crippen molar-refractivity contribution < 1.29 is 9.32 Å². The number of hydrogen-bond donors (Lipinski definition) is 1. The Morgan fingerprint density at radius 2 is 1.70 bits per heavy atom. The van der Waals surface area contributed by atoms with Crippen LogP contribution in [0.2, 0.25) is 0 Å². The number of nitrogens with zero attached hydrogens (tertiary/aromatic N) is 3. The van der Waals surface area contributed by atoms with Gasteiger partial charge >= 0.3 is 0 Å². The molecule has 6 nitrogen and oxygen atoms in total. The van der Waals surface area contributed by atoms with E-state index >= 15 is 0 Å². The van der Waals surface area contributed by atoms with Crippen LogP contribution < -0.4 is 5.32 Å². The summed E-state index contributed by atoms with van der Waals surface area (Å²) in [5, 5.41) is 6.99. The molecule has 6 heteroatoms. The van der Waals surface area contributed by atoms with Crippen molar-refractivity contribution in [3.63, 3.8) is 0 Å². The van der Waals surface area contributed by atoms with Crippen LogP contribution in [-0.4, -0.2) is 21.0 Å². The van der Waals surface area contributed by atoms with Crippen LogP contribution in [0.3, 0.4) is 0 Å². The lowest BCUT2D eigenvalue weighted by Gasteiger charge is -2.05. The van der Waals surface area contributed by atoms with Gasteiger partial charge in [-0.1, -0.05) is 65.8 Å². The van der Waals surface area contributed by atoms with E-state index in [4.69, 9.17) is 4.52 Å². The molecule has 27 heavy (non-hydrogen) atoms.